The van der Waals surface area contributed by atoms with Crippen molar-refractivity contribution in [3.63, 3.8) is 0 Å². The van der Waals surface area contributed by atoms with E-state index >= 15 is 0 Å². The van der Waals surface area contributed by atoms with Crippen LogP contribution in [0.2, 0.25) is 0 Å². The van der Waals surface area contributed by atoms with Gasteiger partial charge in [-0.15, -0.1) is 0 Å². The molecule has 0 bridgehead atoms. The molecule has 1 aromatic rings. The third-order valence-corrected chi connectivity index (χ3v) is 7.33. The lowest BCUT2D eigenvalue weighted by Gasteiger charge is -2.25. The molecule has 9 heteroatoms. The van der Waals surface area contributed by atoms with Crippen LogP contribution in [0.4, 0.5) is 4.79 Å². The Morgan fingerprint density at radius 1 is 1.29 bits per heavy atom. The molecular weight excluding hydrogens is 400 g/mol. The number of nitrogens with zero attached hydrogens (tertiary/aromatic N) is 2. The summed E-state index contributed by atoms with van der Waals surface area (Å²) in [6, 6.07) is 9.09. The first-order valence-electron chi connectivity index (χ1n) is 8.70. The zero-order valence-corrected chi connectivity index (χ0v) is 16.9. The lowest BCUT2D eigenvalue weighted by Crippen LogP contribution is -2.45. The highest BCUT2D eigenvalue weighted by molar-refractivity contribution is 8.18. The Labute approximate surface area is 168 Å². The molecule has 0 radical (unpaired) electrons. The molecule has 0 N–H and O–H groups in total. The zero-order valence-electron chi connectivity index (χ0n) is 15.3. The summed E-state index contributed by atoms with van der Waals surface area (Å²) in [7, 11) is -1.62. The number of amides is 3. The number of likely N-dealkylation sites (N-methyl/N-ethyl adjacent to an activating group) is 1. The number of hydrogen-bond donors (Lipinski definition) is 0. The van der Waals surface area contributed by atoms with E-state index in [0.717, 1.165) is 22.2 Å². The van der Waals surface area contributed by atoms with Crippen LogP contribution in [0.15, 0.2) is 47.4 Å². The lowest BCUT2D eigenvalue weighted by molar-refractivity contribution is -0.136. The van der Waals surface area contributed by atoms with Crippen molar-refractivity contribution in [2.45, 2.75) is 12.5 Å². The third-order valence-electron chi connectivity index (χ3n) is 4.65. The predicted molar refractivity (Wildman–Crippen MR) is 108 cm³/mol. The average Bonchev–Trinajstić information content (AvgIpc) is 3.15. The van der Waals surface area contributed by atoms with Gasteiger partial charge in [-0.1, -0.05) is 42.5 Å². The van der Waals surface area contributed by atoms with Gasteiger partial charge in [0.2, 0.25) is 5.91 Å². The highest BCUT2D eigenvalue weighted by Gasteiger charge is 2.38. The molecule has 1 atom stereocenters. The Balaban J connectivity index is 1.62. The fourth-order valence-electron chi connectivity index (χ4n) is 2.99. The summed E-state index contributed by atoms with van der Waals surface area (Å²) in [6.07, 6.45) is 5.42. The summed E-state index contributed by atoms with van der Waals surface area (Å²) in [6.45, 7) is -0.391. The predicted octanol–water partition coefficient (Wildman–Crippen LogP) is 1.92. The van der Waals surface area contributed by atoms with E-state index in [1.165, 1.54) is 11.9 Å². The van der Waals surface area contributed by atoms with Crippen molar-refractivity contribution in [3.8, 4) is 0 Å². The van der Waals surface area contributed by atoms with Gasteiger partial charge >= 0.3 is 0 Å². The van der Waals surface area contributed by atoms with Crippen molar-refractivity contribution in [2.24, 2.45) is 0 Å². The Morgan fingerprint density at radius 3 is 2.64 bits per heavy atom. The molecule has 3 rings (SSSR count). The molecule has 0 spiro atoms. The summed E-state index contributed by atoms with van der Waals surface area (Å²) in [5.41, 5.74) is 0.960. The number of hydrogen-bond acceptors (Lipinski definition) is 6. The van der Waals surface area contributed by atoms with Gasteiger partial charge < -0.3 is 4.90 Å². The van der Waals surface area contributed by atoms with E-state index in [1.807, 2.05) is 36.4 Å². The van der Waals surface area contributed by atoms with Crippen LogP contribution in [0.1, 0.15) is 12.0 Å². The number of thioether (sulfide) groups is 1. The second-order valence-electron chi connectivity index (χ2n) is 6.62. The minimum Gasteiger partial charge on any atom is -0.340 e. The Kier molecular flexibility index (Phi) is 6.04. The molecule has 0 aromatic heterocycles. The third kappa shape index (κ3) is 4.71. The molecule has 1 aromatic carbocycles. The van der Waals surface area contributed by atoms with Crippen LogP contribution in [-0.4, -0.2) is 66.4 Å². The highest BCUT2D eigenvalue weighted by atomic mass is 32.2. The van der Waals surface area contributed by atoms with Crippen LogP contribution in [0.5, 0.6) is 0 Å². The van der Waals surface area contributed by atoms with E-state index in [2.05, 4.69) is 0 Å². The molecule has 148 valence electrons. The lowest BCUT2D eigenvalue weighted by atomic mass is 10.2. The van der Waals surface area contributed by atoms with Gasteiger partial charge in [0.15, 0.2) is 9.84 Å². The molecule has 28 heavy (non-hydrogen) atoms. The largest absolute Gasteiger partial charge is 0.340 e. The standard InChI is InChI=1S/C19H20N2O5S2/c1-20(15-10-11-28(25,26)13-15)17(22)12-21-18(23)16(27-19(21)24)9-5-8-14-6-3-2-4-7-14/h2-9,15H,10-13H2,1H3/b8-5+,16-9+/t15-/m1/s1. The number of benzene rings is 1. The molecular formula is C19H20N2O5S2. The number of allylic oxidation sites excluding steroid dienone is 2. The maximum atomic E-state index is 12.5. The van der Waals surface area contributed by atoms with E-state index in [-0.39, 0.29) is 16.4 Å². The van der Waals surface area contributed by atoms with Gasteiger partial charge in [-0.25, -0.2) is 8.42 Å². The quantitative estimate of drug-likeness (QED) is 0.676. The van der Waals surface area contributed by atoms with Crippen LogP contribution in [0.3, 0.4) is 0 Å². The number of imide groups is 1. The van der Waals surface area contributed by atoms with Crippen molar-refractivity contribution in [2.75, 3.05) is 25.1 Å². The van der Waals surface area contributed by atoms with Crippen LogP contribution < -0.4 is 0 Å². The van der Waals surface area contributed by atoms with Crippen molar-refractivity contribution in [1.29, 1.82) is 0 Å². The number of carbonyl (C=O) groups excluding carboxylic acids is 3. The van der Waals surface area contributed by atoms with E-state index < -0.39 is 39.5 Å². The molecule has 2 saturated heterocycles. The summed E-state index contributed by atoms with van der Waals surface area (Å²) in [5.74, 6) is -1.01. The Hall–Kier alpha value is -2.39. The van der Waals surface area contributed by atoms with Crippen LogP contribution in [0, 0.1) is 0 Å². The fourth-order valence-corrected chi connectivity index (χ4v) is 5.56. The number of sulfone groups is 1. The molecule has 2 fully saturated rings. The molecule has 2 aliphatic heterocycles. The maximum absolute atomic E-state index is 12.5. The number of rotatable bonds is 5. The summed E-state index contributed by atoms with van der Waals surface area (Å²) in [5, 5.41) is -0.509. The summed E-state index contributed by atoms with van der Waals surface area (Å²) < 4.78 is 23.2. The molecule has 3 amide bonds. The van der Waals surface area contributed by atoms with Crippen molar-refractivity contribution in [3.05, 3.63) is 53.0 Å². The van der Waals surface area contributed by atoms with Crippen molar-refractivity contribution < 1.29 is 22.8 Å². The first-order valence-corrected chi connectivity index (χ1v) is 11.3. The first kappa shape index (κ1) is 20.3. The smallest absolute Gasteiger partial charge is 0.294 e. The SMILES string of the molecule is CN(C(=O)CN1C(=O)S/C(=C/C=C/c2ccccc2)C1=O)[C@@H]1CCS(=O)(=O)C1. The van der Waals surface area contributed by atoms with E-state index in [0.29, 0.717) is 6.42 Å². The van der Waals surface area contributed by atoms with Gasteiger partial charge in [0.1, 0.15) is 6.54 Å². The van der Waals surface area contributed by atoms with Gasteiger partial charge in [-0.05, 0) is 29.8 Å². The van der Waals surface area contributed by atoms with Crippen LogP contribution in [-0.2, 0) is 19.4 Å². The summed E-state index contributed by atoms with van der Waals surface area (Å²) >= 11 is 0.783. The van der Waals surface area contributed by atoms with Gasteiger partial charge in [-0.2, -0.15) is 0 Å². The Bertz CT molecular complexity index is 954. The van der Waals surface area contributed by atoms with Crippen LogP contribution in [0.25, 0.3) is 6.08 Å². The molecule has 2 aliphatic rings. The van der Waals surface area contributed by atoms with E-state index in [4.69, 9.17) is 0 Å². The molecule has 0 unspecified atom stereocenters. The molecule has 7 nitrogen and oxygen atoms in total. The topological polar surface area (TPSA) is 91.8 Å². The number of carbonyl (C=O) groups is 3. The van der Waals surface area contributed by atoms with Crippen molar-refractivity contribution >= 4 is 44.7 Å². The average molecular weight is 421 g/mol. The summed E-state index contributed by atoms with van der Waals surface area (Å²) in [4.78, 5) is 39.5. The van der Waals surface area contributed by atoms with E-state index in [1.54, 1.807) is 12.2 Å². The maximum Gasteiger partial charge on any atom is 0.294 e. The molecule has 0 saturated carbocycles. The van der Waals surface area contributed by atoms with Gasteiger partial charge in [-0.3, -0.25) is 19.3 Å². The second kappa shape index (κ2) is 8.32. The second-order valence-corrected chi connectivity index (χ2v) is 9.84. The van der Waals surface area contributed by atoms with E-state index in [9.17, 15) is 22.8 Å². The van der Waals surface area contributed by atoms with Gasteiger partial charge in [0, 0.05) is 13.1 Å². The molecule has 0 aliphatic carbocycles. The van der Waals surface area contributed by atoms with Crippen molar-refractivity contribution in [1.82, 2.24) is 9.80 Å². The highest BCUT2D eigenvalue weighted by Crippen LogP contribution is 2.30. The minimum absolute atomic E-state index is 0.0490. The monoisotopic (exact) mass is 420 g/mol. The minimum atomic E-state index is -3.13. The van der Waals surface area contributed by atoms with Crippen LogP contribution >= 0.6 is 11.8 Å². The molecule has 2 heterocycles. The Morgan fingerprint density at radius 2 is 2.00 bits per heavy atom. The zero-order chi connectivity index (χ0) is 20.3. The first-order chi connectivity index (χ1) is 13.3. The normalized spacial score (nSPS) is 23.1. The van der Waals surface area contributed by atoms with Gasteiger partial charge in [0.25, 0.3) is 11.1 Å². The fraction of sp³-hybridized carbons (Fsp3) is 0.316. The van der Waals surface area contributed by atoms with Gasteiger partial charge in [0.05, 0.1) is 16.4 Å².